The third kappa shape index (κ3) is 2.82. The summed E-state index contributed by atoms with van der Waals surface area (Å²) in [6.45, 7) is 7.56. The van der Waals surface area contributed by atoms with E-state index in [0.717, 1.165) is 22.8 Å². The number of aromatic nitrogens is 1. The molecule has 2 heterocycles. The smallest absolute Gasteiger partial charge is 0.339 e. The largest absolute Gasteiger partial charge is 0.478 e. The molecule has 0 aliphatic rings. The Labute approximate surface area is 117 Å². The van der Waals surface area contributed by atoms with Crippen LogP contribution in [0.15, 0.2) is 22.6 Å². The summed E-state index contributed by atoms with van der Waals surface area (Å²) in [4.78, 5) is 15.5. The van der Waals surface area contributed by atoms with Crippen molar-refractivity contribution in [3.05, 3.63) is 46.5 Å². The van der Waals surface area contributed by atoms with Gasteiger partial charge in [0.05, 0.1) is 6.04 Å². The predicted molar refractivity (Wildman–Crippen MR) is 76.2 cm³/mol. The number of aromatic carboxylic acids is 1. The van der Waals surface area contributed by atoms with Crippen molar-refractivity contribution in [3.63, 3.8) is 0 Å². The van der Waals surface area contributed by atoms with Gasteiger partial charge < -0.3 is 14.8 Å². The molecule has 0 saturated heterocycles. The molecule has 2 aromatic rings. The molecule has 1 unspecified atom stereocenters. The minimum atomic E-state index is -0.993. The molecule has 0 spiro atoms. The Bertz CT molecular complexity index is 647. The Kier molecular flexibility index (Phi) is 3.79. The first-order valence-corrected chi connectivity index (χ1v) is 6.43. The van der Waals surface area contributed by atoms with E-state index in [1.54, 1.807) is 12.1 Å². The number of nitrogens with one attached hydrogen (secondary N) is 1. The number of carboxylic acid groups (broad SMARTS) is 1. The number of rotatable bonds is 4. The van der Waals surface area contributed by atoms with Gasteiger partial charge in [0, 0.05) is 11.3 Å². The number of hydrogen-bond donors (Lipinski definition) is 2. The van der Waals surface area contributed by atoms with Gasteiger partial charge in [-0.05, 0) is 45.9 Å². The van der Waals surface area contributed by atoms with Gasteiger partial charge in [0.15, 0.2) is 0 Å². The molecule has 0 aliphatic carbocycles. The highest BCUT2D eigenvalue weighted by Crippen LogP contribution is 2.25. The molecular weight excluding hydrogens is 256 g/mol. The molecular formula is C15H18N2O3. The Morgan fingerprint density at radius 2 is 2.05 bits per heavy atom. The average Bonchev–Trinajstić information content (AvgIpc) is 2.68. The van der Waals surface area contributed by atoms with Crippen LogP contribution in [0.5, 0.6) is 0 Å². The fourth-order valence-electron chi connectivity index (χ4n) is 2.20. The first-order chi connectivity index (χ1) is 9.38. The van der Waals surface area contributed by atoms with Gasteiger partial charge >= 0.3 is 5.97 Å². The summed E-state index contributed by atoms with van der Waals surface area (Å²) < 4.78 is 5.50. The summed E-state index contributed by atoms with van der Waals surface area (Å²) in [6.07, 6.45) is 0. The van der Waals surface area contributed by atoms with Crippen LogP contribution in [0.1, 0.15) is 46.1 Å². The van der Waals surface area contributed by atoms with E-state index in [2.05, 4.69) is 10.3 Å². The van der Waals surface area contributed by atoms with Gasteiger partial charge in [-0.25, -0.2) is 9.78 Å². The number of nitrogens with zero attached hydrogens (tertiary/aromatic N) is 1. The summed E-state index contributed by atoms with van der Waals surface area (Å²) in [7, 11) is 0. The minimum absolute atomic E-state index is 0.0835. The normalized spacial score (nSPS) is 12.2. The van der Waals surface area contributed by atoms with E-state index in [1.165, 1.54) is 0 Å². The Balaban J connectivity index is 2.32. The maximum absolute atomic E-state index is 11.2. The average molecular weight is 274 g/mol. The van der Waals surface area contributed by atoms with E-state index < -0.39 is 5.97 Å². The van der Waals surface area contributed by atoms with E-state index in [1.807, 2.05) is 33.8 Å². The topological polar surface area (TPSA) is 75.4 Å². The van der Waals surface area contributed by atoms with E-state index in [-0.39, 0.29) is 11.6 Å². The summed E-state index contributed by atoms with van der Waals surface area (Å²) in [5.41, 5.74) is 1.94. The number of anilines is 1. The van der Waals surface area contributed by atoms with Crippen LogP contribution in [0, 0.1) is 20.8 Å². The van der Waals surface area contributed by atoms with Crippen LogP contribution in [-0.4, -0.2) is 16.1 Å². The lowest BCUT2D eigenvalue weighted by Crippen LogP contribution is -2.13. The van der Waals surface area contributed by atoms with Crippen molar-refractivity contribution in [2.75, 3.05) is 5.32 Å². The number of furan rings is 1. The SMILES string of the molecule is Cc1ccc(C(=O)O)c(NC(C)c2cc(C)oc2C)n1. The maximum Gasteiger partial charge on any atom is 0.339 e. The fraction of sp³-hybridized carbons (Fsp3) is 0.333. The number of carbonyl (C=O) groups is 1. The first-order valence-electron chi connectivity index (χ1n) is 6.43. The number of hydrogen-bond acceptors (Lipinski definition) is 4. The summed E-state index contributed by atoms with van der Waals surface area (Å²) in [5.74, 6) is 1.05. The van der Waals surface area contributed by atoms with Crippen molar-refractivity contribution >= 4 is 11.8 Å². The number of carboxylic acids is 1. The van der Waals surface area contributed by atoms with E-state index in [0.29, 0.717) is 5.82 Å². The molecule has 2 rings (SSSR count). The van der Waals surface area contributed by atoms with Gasteiger partial charge in [-0.15, -0.1) is 0 Å². The second-order valence-corrected chi connectivity index (χ2v) is 4.89. The maximum atomic E-state index is 11.2. The van der Waals surface area contributed by atoms with Gasteiger partial charge in [0.25, 0.3) is 0 Å². The molecule has 2 N–H and O–H groups in total. The van der Waals surface area contributed by atoms with E-state index >= 15 is 0 Å². The molecule has 5 heteroatoms. The summed E-state index contributed by atoms with van der Waals surface area (Å²) >= 11 is 0. The quantitative estimate of drug-likeness (QED) is 0.892. The molecule has 0 aromatic carbocycles. The fourth-order valence-corrected chi connectivity index (χ4v) is 2.20. The second-order valence-electron chi connectivity index (χ2n) is 4.89. The molecule has 5 nitrogen and oxygen atoms in total. The Morgan fingerprint density at radius 3 is 2.60 bits per heavy atom. The lowest BCUT2D eigenvalue weighted by Gasteiger charge is -2.16. The standard InChI is InChI=1S/C15H18N2O3/c1-8-5-6-12(15(18)19)14(16-8)17-10(3)13-7-9(2)20-11(13)4/h5-7,10H,1-4H3,(H,16,17)(H,18,19). The lowest BCUT2D eigenvalue weighted by atomic mass is 10.1. The van der Waals surface area contributed by atoms with Gasteiger partial charge in [-0.3, -0.25) is 0 Å². The Morgan fingerprint density at radius 1 is 1.35 bits per heavy atom. The zero-order valence-electron chi connectivity index (χ0n) is 12.0. The molecule has 1 atom stereocenters. The van der Waals surface area contributed by atoms with Crippen molar-refractivity contribution in [3.8, 4) is 0 Å². The highest BCUT2D eigenvalue weighted by Gasteiger charge is 2.17. The summed E-state index contributed by atoms with van der Waals surface area (Å²) in [5, 5.41) is 12.4. The van der Waals surface area contributed by atoms with Gasteiger partial charge in [-0.1, -0.05) is 0 Å². The second kappa shape index (κ2) is 5.36. The highest BCUT2D eigenvalue weighted by molar-refractivity contribution is 5.93. The molecule has 0 amide bonds. The van der Waals surface area contributed by atoms with Gasteiger partial charge in [0.2, 0.25) is 0 Å². The molecule has 0 radical (unpaired) electrons. The zero-order valence-corrected chi connectivity index (χ0v) is 12.0. The lowest BCUT2D eigenvalue weighted by molar-refractivity contribution is 0.0697. The van der Waals surface area contributed by atoms with Crippen LogP contribution < -0.4 is 5.32 Å². The monoisotopic (exact) mass is 274 g/mol. The molecule has 20 heavy (non-hydrogen) atoms. The molecule has 0 aliphatic heterocycles. The van der Waals surface area contributed by atoms with Crippen LogP contribution in [0.3, 0.4) is 0 Å². The van der Waals surface area contributed by atoms with Crippen molar-refractivity contribution in [2.24, 2.45) is 0 Å². The van der Waals surface area contributed by atoms with Gasteiger partial charge in [-0.2, -0.15) is 0 Å². The minimum Gasteiger partial charge on any atom is -0.478 e. The van der Waals surface area contributed by atoms with E-state index in [4.69, 9.17) is 4.42 Å². The van der Waals surface area contributed by atoms with Crippen LogP contribution in [0.2, 0.25) is 0 Å². The van der Waals surface area contributed by atoms with Crippen LogP contribution in [0.4, 0.5) is 5.82 Å². The highest BCUT2D eigenvalue weighted by atomic mass is 16.4. The van der Waals surface area contributed by atoms with Crippen LogP contribution in [-0.2, 0) is 0 Å². The van der Waals surface area contributed by atoms with Crippen molar-refractivity contribution < 1.29 is 14.3 Å². The Hall–Kier alpha value is -2.30. The third-order valence-electron chi connectivity index (χ3n) is 3.16. The number of aryl methyl sites for hydroxylation is 3. The predicted octanol–water partition coefficient (Wildman–Crippen LogP) is 3.47. The molecule has 2 aromatic heterocycles. The molecule has 0 fully saturated rings. The molecule has 0 bridgehead atoms. The van der Waals surface area contributed by atoms with Crippen molar-refractivity contribution in [2.45, 2.75) is 33.7 Å². The molecule has 106 valence electrons. The van der Waals surface area contributed by atoms with Crippen LogP contribution in [0.25, 0.3) is 0 Å². The van der Waals surface area contributed by atoms with Gasteiger partial charge in [0.1, 0.15) is 22.9 Å². The van der Waals surface area contributed by atoms with Crippen molar-refractivity contribution in [1.82, 2.24) is 4.98 Å². The zero-order chi connectivity index (χ0) is 14.9. The van der Waals surface area contributed by atoms with Crippen molar-refractivity contribution in [1.29, 1.82) is 0 Å². The third-order valence-corrected chi connectivity index (χ3v) is 3.16. The first kappa shape index (κ1) is 14.1. The summed E-state index contributed by atoms with van der Waals surface area (Å²) in [6, 6.07) is 5.11. The van der Waals surface area contributed by atoms with Crippen LogP contribution >= 0.6 is 0 Å². The van der Waals surface area contributed by atoms with E-state index in [9.17, 15) is 9.90 Å². The number of pyridine rings is 1. The molecule has 0 saturated carbocycles.